The van der Waals surface area contributed by atoms with Gasteiger partial charge in [-0.15, -0.1) is 13.2 Å². The van der Waals surface area contributed by atoms with Gasteiger partial charge in [-0.1, -0.05) is 0 Å². The number of nitrogen functional groups attached to an aromatic ring is 1. The SMILES string of the molecule is Nc1ncc(-c2cn([C@H]3CC4CC3C4)c(CO)n2)cc1OC(F)(F)F. The van der Waals surface area contributed by atoms with E-state index in [1.54, 1.807) is 6.20 Å². The molecule has 0 aliphatic heterocycles. The van der Waals surface area contributed by atoms with Crippen molar-refractivity contribution in [3.63, 3.8) is 0 Å². The summed E-state index contributed by atoms with van der Waals surface area (Å²) in [7, 11) is 0. The minimum absolute atomic E-state index is 0.234. The van der Waals surface area contributed by atoms with Crippen LogP contribution in [-0.2, 0) is 6.61 Å². The van der Waals surface area contributed by atoms with E-state index in [-0.39, 0.29) is 12.4 Å². The van der Waals surface area contributed by atoms with Gasteiger partial charge in [0.2, 0.25) is 0 Å². The van der Waals surface area contributed by atoms with Gasteiger partial charge in [0.25, 0.3) is 0 Å². The van der Waals surface area contributed by atoms with Gasteiger partial charge in [-0.25, -0.2) is 9.97 Å². The van der Waals surface area contributed by atoms with Crippen LogP contribution >= 0.6 is 0 Å². The fraction of sp³-hybridized carbons (Fsp3) is 0.500. The highest BCUT2D eigenvalue weighted by molar-refractivity contribution is 5.63. The molecule has 3 N–H and O–H groups in total. The molecule has 2 aromatic rings. The minimum Gasteiger partial charge on any atom is -0.402 e. The number of aliphatic hydroxyl groups excluding tert-OH is 1. The quantitative estimate of drug-likeness (QED) is 0.882. The molecule has 0 spiro atoms. The predicted octanol–water partition coefficient (Wildman–Crippen LogP) is 2.89. The Bertz CT molecular complexity index is 799. The number of rotatable bonds is 4. The molecule has 25 heavy (non-hydrogen) atoms. The molecule has 3 fully saturated rings. The molecule has 9 heteroatoms. The Hall–Kier alpha value is -2.29. The second-order valence-electron chi connectivity index (χ2n) is 6.66. The Balaban J connectivity index is 1.68. The number of anilines is 1. The molecule has 6 nitrogen and oxygen atoms in total. The van der Waals surface area contributed by atoms with E-state index in [0.717, 1.165) is 18.4 Å². The van der Waals surface area contributed by atoms with Crippen molar-refractivity contribution in [1.29, 1.82) is 0 Å². The van der Waals surface area contributed by atoms with Crippen LogP contribution in [0.1, 0.15) is 31.1 Å². The number of hydrogen-bond donors (Lipinski definition) is 2. The second kappa shape index (κ2) is 5.62. The van der Waals surface area contributed by atoms with E-state index in [1.807, 2.05) is 4.57 Å². The summed E-state index contributed by atoms with van der Waals surface area (Å²) < 4.78 is 43.3. The maximum atomic E-state index is 12.5. The Morgan fingerprint density at radius 1 is 1.32 bits per heavy atom. The molecule has 0 radical (unpaired) electrons. The normalized spacial score (nSPS) is 25.0. The maximum absolute atomic E-state index is 12.5. The number of alkyl halides is 3. The van der Waals surface area contributed by atoms with E-state index in [1.165, 1.54) is 19.0 Å². The van der Waals surface area contributed by atoms with Crippen molar-refractivity contribution in [2.45, 2.75) is 38.3 Å². The number of fused-ring (bicyclic) bond motifs is 1. The lowest BCUT2D eigenvalue weighted by Crippen LogP contribution is -2.18. The van der Waals surface area contributed by atoms with E-state index >= 15 is 0 Å². The van der Waals surface area contributed by atoms with E-state index in [9.17, 15) is 18.3 Å². The molecule has 134 valence electrons. The highest BCUT2D eigenvalue weighted by atomic mass is 19.4. The average Bonchev–Trinajstić information content (AvgIpc) is 3.18. The molecular weight excluding hydrogens is 337 g/mol. The van der Waals surface area contributed by atoms with Crippen molar-refractivity contribution in [3.8, 4) is 17.0 Å². The monoisotopic (exact) mass is 354 g/mol. The number of ether oxygens (including phenoxy) is 1. The van der Waals surface area contributed by atoms with Crippen molar-refractivity contribution in [2.75, 3.05) is 5.73 Å². The van der Waals surface area contributed by atoms with Gasteiger partial charge in [0.15, 0.2) is 11.6 Å². The summed E-state index contributed by atoms with van der Waals surface area (Å²) in [5.74, 6) is 0.916. The van der Waals surface area contributed by atoms with Crippen LogP contribution in [0.3, 0.4) is 0 Å². The number of pyridine rings is 1. The third-order valence-electron chi connectivity index (χ3n) is 5.10. The topological polar surface area (TPSA) is 86.2 Å². The van der Waals surface area contributed by atoms with E-state index < -0.39 is 12.1 Å². The van der Waals surface area contributed by atoms with Crippen LogP contribution in [-0.4, -0.2) is 26.0 Å². The number of nitrogens with two attached hydrogens (primary N) is 1. The summed E-state index contributed by atoms with van der Waals surface area (Å²) in [6, 6.07) is 1.46. The molecule has 3 aliphatic rings. The van der Waals surface area contributed by atoms with Gasteiger partial charge in [-0.2, -0.15) is 0 Å². The zero-order valence-electron chi connectivity index (χ0n) is 13.2. The Morgan fingerprint density at radius 3 is 2.68 bits per heavy atom. The summed E-state index contributed by atoms with van der Waals surface area (Å²) in [6.07, 6.45) is 1.69. The maximum Gasteiger partial charge on any atom is 0.573 e. The first-order valence-corrected chi connectivity index (χ1v) is 8.04. The molecule has 0 amide bonds. The smallest absolute Gasteiger partial charge is 0.402 e. The minimum atomic E-state index is -4.85. The first kappa shape index (κ1) is 16.2. The highest BCUT2D eigenvalue weighted by Gasteiger charge is 2.45. The standard InChI is InChI=1S/C16H17F3N4O2/c17-16(18,19)25-13-4-10(5-21-15(13)20)11-6-23(14(7-24)22-11)12-3-8-1-9(12)2-8/h4-6,8-9,12,24H,1-3,7H2,(H2,20,21)/t8?,9?,12-/m0/s1. The van der Waals surface area contributed by atoms with Crippen LogP contribution in [0.2, 0.25) is 0 Å². The van der Waals surface area contributed by atoms with Crippen LogP contribution in [0, 0.1) is 11.8 Å². The summed E-state index contributed by atoms with van der Waals surface area (Å²) in [5.41, 5.74) is 6.25. The third kappa shape index (κ3) is 2.92. The van der Waals surface area contributed by atoms with Gasteiger partial charge in [0.1, 0.15) is 12.4 Å². The number of aromatic nitrogens is 3. The molecule has 2 bridgehead atoms. The molecule has 2 aromatic heterocycles. The summed E-state index contributed by atoms with van der Waals surface area (Å²) in [4.78, 5) is 8.13. The van der Waals surface area contributed by atoms with Crippen LogP contribution in [0.25, 0.3) is 11.3 Å². The Kier molecular flexibility index (Phi) is 3.64. The van der Waals surface area contributed by atoms with Gasteiger partial charge >= 0.3 is 6.36 Å². The fourth-order valence-corrected chi connectivity index (χ4v) is 3.95. The number of nitrogens with zero attached hydrogens (tertiary/aromatic N) is 3. The van der Waals surface area contributed by atoms with Gasteiger partial charge in [0.05, 0.1) is 5.69 Å². The van der Waals surface area contributed by atoms with Gasteiger partial charge in [0, 0.05) is 24.0 Å². The summed E-state index contributed by atoms with van der Waals surface area (Å²) in [5, 5.41) is 9.60. The van der Waals surface area contributed by atoms with Crippen LogP contribution in [0.4, 0.5) is 19.0 Å². The fourth-order valence-electron chi connectivity index (χ4n) is 3.95. The molecule has 0 aromatic carbocycles. The van der Waals surface area contributed by atoms with Crippen LogP contribution < -0.4 is 10.5 Å². The van der Waals surface area contributed by atoms with E-state index in [0.29, 0.717) is 29.0 Å². The van der Waals surface area contributed by atoms with Crippen LogP contribution in [0.5, 0.6) is 5.75 Å². The lowest BCUT2D eigenvalue weighted by molar-refractivity contribution is -0.274. The highest BCUT2D eigenvalue weighted by Crippen LogP contribution is 2.55. The first-order chi connectivity index (χ1) is 11.8. The van der Waals surface area contributed by atoms with Crippen molar-refractivity contribution in [2.24, 2.45) is 11.8 Å². The lowest BCUT2D eigenvalue weighted by atomic mass is 9.84. The largest absolute Gasteiger partial charge is 0.573 e. The molecule has 0 unspecified atom stereocenters. The van der Waals surface area contributed by atoms with Crippen molar-refractivity contribution >= 4 is 5.82 Å². The molecule has 3 saturated carbocycles. The van der Waals surface area contributed by atoms with Gasteiger partial charge in [-0.05, 0) is 37.2 Å². The molecule has 2 heterocycles. The van der Waals surface area contributed by atoms with E-state index in [2.05, 4.69) is 14.7 Å². The zero-order valence-corrected chi connectivity index (χ0v) is 13.2. The lowest BCUT2D eigenvalue weighted by Gasteiger charge is -2.25. The zero-order chi connectivity index (χ0) is 17.8. The molecule has 0 saturated heterocycles. The summed E-state index contributed by atoms with van der Waals surface area (Å²) in [6.45, 7) is -0.234. The number of hydrogen-bond acceptors (Lipinski definition) is 5. The van der Waals surface area contributed by atoms with E-state index in [4.69, 9.17) is 5.73 Å². The first-order valence-electron chi connectivity index (χ1n) is 8.04. The number of aliphatic hydroxyl groups is 1. The Morgan fingerprint density at radius 2 is 2.08 bits per heavy atom. The van der Waals surface area contributed by atoms with Gasteiger partial charge in [-0.3, -0.25) is 0 Å². The molecular formula is C16H17F3N4O2. The molecule has 5 rings (SSSR count). The average molecular weight is 354 g/mol. The second-order valence-corrected chi connectivity index (χ2v) is 6.66. The molecule has 1 atom stereocenters. The number of imidazole rings is 1. The molecule has 3 aliphatic carbocycles. The number of halogens is 3. The van der Waals surface area contributed by atoms with Gasteiger partial charge < -0.3 is 20.1 Å². The van der Waals surface area contributed by atoms with Crippen molar-refractivity contribution < 1.29 is 23.0 Å². The van der Waals surface area contributed by atoms with Crippen molar-refractivity contribution in [3.05, 3.63) is 24.3 Å². The Labute approximate surface area is 141 Å². The summed E-state index contributed by atoms with van der Waals surface area (Å²) >= 11 is 0. The van der Waals surface area contributed by atoms with Crippen molar-refractivity contribution in [1.82, 2.24) is 14.5 Å². The van der Waals surface area contributed by atoms with Crippen LogP contribution in [0.15, 0.2) is 18.5 Å². The predicted molar refractivity (Wildman–Crippen MR) is 82.3 cm³/mol. The third-order valence-corrected chi connectivity index (χ3v) is 5.10.